The zero-order valence-corrected chi connectivity index (χ0v) is 9.58. The van der Waals surface area contributed by atoms with Crippen LogP contribution in [0.3, 0.4) is 0 Å². The van der Waals surface area contributed by atoms with Crippen molar-refractivity contribution in [2.24, 2.45) is 0 Å². The molecule has 0 aromatic heterocycles. The third-order valence-electron chi connectivity index (χ3n) is 0.357. The molecule has 0 fully saturated rings. The molecule has 0 spiro atoms. The van der Waals surface area contributed by atoms with Gasteiger partial charge in [-0.05, 0) is 6.92 Å². The predicted molar refractivity (Wildman–Crippen MR) is 33.8 cm³/mol. The molecule has 11 heavy (non-hydrogen) atoms. The molecule has 10 N–H and O–H groups in total. The molecular formula is C3H14LaO7. The van der Waals surface area contributed by atoms with Crippen LogP contribution in [0, 0.1) is 35.6 Å². The molecule has 0 aliphatic heterocycles. The molecule has 0 aromatic carbocycles. The van der Waals surface area contributed by atoms with Crippen LogP contribution in [0.4, 0.5) is 0 Å². The van der Waals surface area contributed by atoms with Crippen LogP contribution in [0.15, 0.2) is 0 Å². The molecule has 0 aliphatic carbocycles. The topological polar surface area (TPSA) is 184 Å². The van der Waals surface area contributed by atoms with Gasteiger partial charge in [0.25, 0.3) is 0 Å². The van der Waals surface area contributed by atoms with E-state index in [4.69, 9.17) is 10.2 Å². The largest absolute Gasteiger partial charge is 0.479 e. The van der Waals surface area contributed by atoms with Crippen molar-refractivity contribution in [3.05, 3.63) is 0 Å². The van der Waals surface area contributed by atoms with Gasteiger partial charge in [-0.1, -0.05) is 0 Å². The van der Waals surface area contributed by atoms with E-state index in [2.05, 4.69) is 0 Å². The number of rotatable bonds is 1. The van der Waals surface area contributed by atoms with Crippen molar-refractivity contribution in [1.29, 1.82) is 0 Å². The maximum Gasteiger partial charge on any atom is 0.332 e. The predicted octanol–water partition coefficient (Wildman–Crippen LogP) is -3.85. The fourth-order valence-electron chi connectivity index (χ4n) is 0. The van der Waals surface area contributed by atoms with Gasteiger partial charge in [-0.2, -0.15) is 0 Å². The van der Waals surface area contributed by atoms with Gasteiger partial charge >= 0.3 is 5.97 Å². The van der Waals surface area contributed by atoms with E-state index >= 15 is 0 Å². The zero-order valence-electron chi connectivity index (χ0n) is 5.96. The van der Waals surface area contributed by atoms with Crippen LogP contribution in [0.25, 0.3) is 0 Å². The van der Waals surface area contributed by atoms with Gasteiger partial charge in [0.15, 0.2) is 0 Å². The maximum atomic E-state index is 9.45. The van der Waals surface area contributed by atoms with Crippen LogP contribution in [0.2, 0.25) is 0 Å². The van der Waals surface area contributed by atoms with E-state index in [1.165, 1.54) is 6.92 Å². The first-order chi connectivity index (χ1) is 2.64. The monoisotopic (exact) mass is 301 g/mol. The summed E-state index contributed by atoms with van der Waals surface area (Å²) < 4.78 is 0. The first kappa shape index (κ1) is 42.0. The second-order valence-corrected chi connectivity index (χ2v) is 1.01. The molecule has 1 radical (unpaired) electrons. The first-order valence-electron chi connectivity index (χ1n) is 1.55. The van der Waals surface area contributed by atoms with E-state index in [1.54, 1.807) is 0 Å². The molecule has 8 heteroatoms. The van der Waals surface area contributed by atoms with Crippen molar-refractivity contribution < 1.29 is 72.5 Å². The standard InChI is InChI=1S/C3H6O3.La.4H2O/c1-2(4)3(5)6;;;;;/h2,4H,1H3,(H,5,6);;4*1H2. The number of hydrogen-bond donors (Lipinski definition) is 2. The summed E-state index contributed by atoms with van der Waals surface area (Å²) >= 11 is 0. The number of aliphatic hydroxyl groups excluding tert-OH is 1. The van der Waals surface area contributed by atoms with Crippen LogP contribution in [-0.4, -0.2) is 44.2 Å². The molecule has 0 aromatic rings. The molecule has 7 nitrogen and oxygen atoms in total. The first-order valence-corrected chi connectivity index (χ1v) is 1.55. The fraction of sp³-hybridized carbons (Fsp3) is 0.667. The van der Waals surface area contributed by atoms with Crippen molar-refractivity contribution in [2.75, 3.05) is 0 Å². The van der Waals surface area contributed by atoms with Gasteiger partial charge in [0.2, 0.25) is 0 Å². The van der Waals surface area contributed by atoms with Gasteiger partial charge < -0.3 is 32.1 Å². The minimum atomic E-state index is -1.23. The number of hydrogen-bond acceptors (Lipinski definition) is 2. The summed E-state index contributed by atoms with van der Waals surface area (Å²) in [4.78, 5) is 9.45. The number of carboxylic acid groups (broad SMARTS) is 1. The summed E-state index contributed by atoms with van der Waals surface area (Å²) in [6.07, 6.45) is -1.23. The summed E-state index contributed by atoms with van der Waals surface area (Å²) in [5.74, 6) is -1.19. The molecule has 0 aliphatic rings. The van der Waals surface area contributed by atoms with E-state index in [0.717, 1.165) is 0 Å². The molecule has 0 heterocycles. The molecule has 71 valence electrons. The van der Waals surface area contributed by atoms with Gasteiger partial charge in [0.05, 0.1) is 0 Å². The smallest absolute Gasteiger partial charge is 0.332 e. The summed E-state index contributed by atoms with van der Waals surface area (Å²) in [6, 6.07) is 0. The van der Waals surface area contributed by atoms with E-state index < -0.39 is 12.1 Å². The Morgan fingerprint density at radius 1 is 1.18 bits per heavy atom. The molecule has 0 bridgehead atoms. The molecular weight excluding hydrogens is 287 g/mol. The van der Waals surface area contributed by atoms with Gasteiger partial charge in [0, 0.05) is 35.6 Å². The molecule has 0 rings (SSSR count). The summed E-state index contributed by atoms with van der Waals surface area (Å²) in [7, 11) is 0. The minimum Gasteiger partial charge on any atom is -0.479 e. The second-order valence-electron chi connectivity index (χ2n) is 1.01. The summed E-state index contributed by atoms with van der Waals surface area (Å²) in [6.45, 7) is 1.20. The quantitative estimate of drug-likeness (QED) is 0.503. The SMILES string of the molecule is CC(O)C(=O)O.O.O.O.O.[La]. The Balaban J connectivity index is -0.0000000125. The number of aliphatic hydroxyl groups is 1. The number of carbonyl (C=O) groups is 1. The van der Waals surface area contributed by atoms with E-state index in [-0.39, 0.29) is 57.5 Å². The Hall–Kier alpha value is 0.465. The van der Waals surface area contributed by atoms with Gasteiger partial charge in [-0.25, -0.2) is 4.79 Å². The molecule has 0 saturated carbocycles. The molecule has 1 atom stereocenters. The van der Waals surface area contributed by atoms with E-state index in [1.807, 2.05) is 0 Å². The van der Waals surface area contributed by atoms with Gasteiger partial charge in [-0.3, -0.25) is 0 Å². The average Bonchev–Trinajstić information content (AvgIpc) is 1.36. The molecule has 0 amide bonds. The van der Waals surface area contributed by atoms with Crippen LogP contribution in [0.5, 0.6) is 0 Å². The number of aliphatic carboxylic acids is 1. The Bertz CT molecular complexity index is 64.7. The summed E-state index contributed by atoms with van der Waals surface area (Å²) in [5.41, 5.74) is 0. The third kappa shape index (κ3) is 37.6. The second kappa shape index (κ2) is 22.4. The van der Waals surface area contributed by atoms with Crippen LogP contribution < -0.4 is 0 Å². The summed E-state index contributed by atoms with van der Waals surface area (Å²) in [5, 5.41) is 15.8. The molecule has 1 unspecified atom stereocenters. The Morgan fingerprint density at radius 3 is 1.27 bits per heavy atom. The van der Waals surface area contributed by atoms with E-state index in [0.29, 0.717) is 0 Å². The van der Waals surface area contributed by atoms with Crippen molar-refractivity contribution in [3.63, 3.8) is 0 Å². The van der Waals surface area contributed by atoms with Crippen molar-refractivity contribution >= 4 is 5.97 Å². The van der Waals surface area contributed by atoms with Crippen molar-refractivity contribution in [3.8, 4) is 0 Å². The normalized spacial score (nSPS) is 7.45. The minimum absolute atomic E-state index is 0. The van der Waals surface area contributed by atoms with Crippen molar-refractivity contribution in [2.45, 2.75) is 13.0 Å². The maximum absolute atomic E-state index is 9.45. The Kier molecular flexibility index (Phi) is 85.7. The van der Waals surface area contributed by atoms with E-state index in [9.17, 15) is 4.79 Å². The Labute approximate surface area is 91.2 Å². The zero-order chi connectivity index (χ0) is 5.15. The van der Waals surface area contributed by atoms with Gasteiger partial charge in [-0.15, -0.1) is 0 Å². The van der Waals surface area contributed by atoms with Gasteiger partial charge in [0.1, 0.15) is 6.10 Å². The fourth-order valence-corrected chi connectivity index (χ4v) is 0. The van der Waals surface area contributed by atoms with Crippen LogP contribution in [-0.2, 0) is 4.79 Å². The van der Waals surface area contributed by atoms with Crippen LogP contribution >= 0.6 is 0 Å². The average molecular weight is 301 g/mol. The van der Waals surface area contributed by atoms with Crippen molar-refractivity contribution in [1.82, 2.24) is 0 Å². The Morgan fingerprint density at radius 2 is 1.27 bits per heavy atom. The third-order valence-corrected chi connectivity index (χ3v) is 0.357. The molecule has 0 saturated heterocycles. The van der Waals surface area contributed by atoms with Crippen LogP contribution in [0.1, 0.15) is 6.92 Å². The number of carboxylic acids is 1.